The Hall–Kier alpha value is -3.47. The zero-order chi connectivity index (χ0) is 22.6. The molecule has 0 amide bonds. The van der Waals surface area contributed by atoms with Gasteiger partial charge in [-0.2, -0.15) is 5.10 Å². The summed E-state index contributed by atoms with van der Waals surface area (Å²) < 4.78 is 9.83. The number of aliphatic carboxylic acids is 1. The number of carboxylic acid groups (broad SMARTS) is 1. The summed E-state index contributed by atoms with van der Waals surface area (Å²) in [5.74, 6) is 2.07. The number of aryl methyl sites for hydroxylation is 1. The van der Waals surface area contributed by atoms with E-state index in [1.807, 2.05) is 36.2 Å². The number of hydrogen-bond donors (Lipinski definition) is 2. The maximum Gasteiger partial charge on any atom is 0.329 e. The molecule has 0 bridgehead atoms. The smallest absolute Gasteiger partial charge is 0.329 e. The molecule has 32 heavy (non-hydrogen) atoms. The van der Waals surface area contributed by atoms with Crippen LogP contribution in [0.3, 0.4) is 0 Å². The highest BCUT2D eigenvalue weighted by Crippen LogP contribution is 2.36. The van der Waals surface area contributed by atoms with E-state index in [9.17, 15) is 15.0 Å². The molecule has 0 unspecified atom stereocenters. The van der Waals surface area contributed by atoms with Crippen molar-refractivity contribution < 1.29 is 19.7 Å². The number of hydrogen-bond acceptors (Lipinski definition) is 8. The van der Waals surface area contributed by atoms with Crippen LogP contribution in [0.5, 0.6) is 5.75 Å². The van der Waals surface area contributed by atoms with Crippen LogP contribution in [0.1, 0.15) is 32.1 Å². The SMILES string of the molecule is Cc1nc(-c2cn3c(n2)-c2cnc(N4CC[C@@H](O)[C@H]4C(=O)O)cc2OCC3)n(C(C)C)n1. The lowest BCUT2D eigenvalue weighted by Gasteiger charge is -2.24. The highest BCUT2D eigenvalue weighted by molar-refractivity contribution is 5.80. The van der Waals surface area contributed by atoms with Crippen molar-refractivity contribution in [3.05, 3.63) is 24.3 Å². The summed E-state index contributed by atoms with van der Waals surface area (Å²) in [6, 6.07) is 0.852. The third-order valence-corrected chi connectivity index (χ3v) is 5.83. The highest BCUT2D eigenvalue weighted by Gasteiger charge is 2.39. The molecule has 168 valence electrons. The number of ether oxygens (including phenoxy) is 1. The maximum absolute atomic E-state index is 11.6. The molecule has 2 aliphatic rings. The standard InChI is InChI=1S/C21H25N7O4/c1-11(2)28-20(23-12(3)25-28)14-10-26-6-7-32-16-8-17(22-9-13(16)19(26)24-14)27-5-4-15(29)18(27)21(30)31/h8-11,15,18,29H,4-7H2,1-3H3,(H,30,31)/t15-,18+/m1/s1. The van der Waals surface area contributed by atoms with Crippen LogP contribution < -0.4 is 9.64 Å². The largest absolute Gasteiger partial charge is 0.491 e. The van der Waals surface area contributed by atoms with Crippen molar-refractivity contribution in [3.63, 3.8) is 0 Å². The lowest BCUT2D eigenvalue weighted by atomic mass is 10.1. The van der Waals surface area contributed by atoms with Gasteiger partial charge in [-0.15, -0.1) is 0 Å². The summed E-state index contributed by atoms with van der Waals surface area (Å²) in [6.07, 6.45) is 3.04. The lowest BCUT2D eigenvalue weighted by molar-refractivity contribution is -0.140. The first-order chi connectivity index (χ1) is 15.3. The van der Waals surface area contributed by atoms with Crippen LogP contribution >= 0.6 is 0 Å². The first kappa shape index (κ1) is 20.4. The minimum atomic E-state index is -1.07. The van der Waals surface area contributed by atoms with Gasteiger partial charge in [0.15, 0.2) is 11.9 Å². The molecule has 1 saturated heterocycles. The lowest BCUT2D eigenvalue weighted by Crippen LogP contribution is -2.42. The Bertz CT molecular complexity index is 1190. The predicted octanol–water partition coefficient (Wildman–Crippen LogP) is 1.51. The Balaban J connectivity index is 1.54. The summed E-state index contributed by atoms with van der Waals surface area (Å²) in [7, 11) is 0. The summed E-state index contributed by atoms with van der Waals surface area (Å²) in [5.41, 5.74) is 1.44. The van der Waals surface area contributed by atoms with Gasteiger partial charge in [0.05, 0.1) is 18.2 Å². The van der Waals surface area contributed by atoms with Crippen molar-refractivity contribution in [2.24, 2.45) is 0 Å². The van der Waals surface area contributed by atoms with E-state index in [2.05, 4.69) is 15.1 Å². The molecule has 11 heteroatoms. The third kappa shape index (κ3) is 3.29. The first-order valence-electron chi connectivity index (χ1n) is 10.6. The molecule has 2 aliphatic heterocycles. The molecule has 2 atom stereocenters. The van der Waals surface area contributed by atoms with Gasteiger partial charge in [-0.3, -0.25) is 0 Å². The number of rotatable bonds is 4. The fraction of sp³-hybridized carbons (Fsp3) is 0.476. The van der Waals surface area contributed by atoms with E-state index in [1.54, 1.807) is 17.2 Å². The second-order valence-corrected chi connectivity index (χ2v) is 8.38. The normalized spacial score (nSPS) is 20.1. The second kappa shape index (κ2) is 7.59. The minimum absolute atomic E-state index is 0.144. The van der Waals surface area contributed by atoms with E-state index in [0.717, 1.165) is 11.3 Å². The highest BCUT2D eigenvalue weighted by atomic mass is 16.5. The zero-order valence-corrected chi connectivity index (χ0v) is 18.1. The molecule has 0 aliphatic carbocycles. The molecular formula is C21H25N7O4. The van der Waals surface area contributed by atoms with Gasteiger partial charge >= 0.3 is 5.97 Å². The van der Waals surface area contributed by atoms with Gasteiger partial charge in [-0.25, -0.2) is 24.4 Å². The minimum Gasteiger partial charge on any atom is -0.491 e. The van der Waals surface area contributed by atoms with Gasteiger partial charge in [0.25, 0.3) is 0 Å². The molecule has 3 aromatic rings. The van der Waals surface area contributed by atoms with Crippen molar-refractivity contribution in [3.8, 4) is 28.7 Å². The first-order valence-corrected chi connectivity index (χ1v) is 10.6. The van der Waals surface area contributed by atoms with Gasteiger partial charge in [-0.1, -0.05) is 0 Å². The number of imidazole rings is 1. The number of aliphatic hydroxyl groups excluding tert-OH is 1. The molecule has 5 heterocycles. The van der Waals surface area contributed by atoms with E-state index >= 15 is 0 Å². The predicted molar refractivity (Wildman–Crippen MR) is 114 cm³/mol. The Morgan fingerprint density at radius 3 is 2.81 bits per heavy atom. The molecule has 0 spiro atoms. The summed E-state index contributed by atoms with van der Waals surface area (Å²) in [5, 5.41) is 24.1. The average molecular weight is 439 g/mol. The average Bonchev–Trinajstić information content (AvgIpc) is 3.42. The maximum atomic E-state index is 11.6. The van der Waals surface area contributed by atoms with Crippen LogP contribution in [0, 0.1) is 6.92 Å². The summed E-state index contributed by atoms with van der Waals surface area (Å²) in [6.45, 7) is 7.39. The van der Waals surface area contributed by atoms with Crippen molar-refractivity contribution in [1.82, 2.24) is 29.3 Å². The van der Waals surface area contributed by atoms with Crippen molar-refractivity contribution in [2.45, 2.75) is 51.9 Å². The fourth-order valence-corrected chi connectivity index (χ4v) is 4.33. The molecule has 0 aromatic carbocycles. The van der Waals surface area contributed by atoms with Crippen molar-refractivity contribution in [1.29, 1.82) is 0 Å². The van der Waals surface area contributed by atoms with Gasteiger partial charge in [-0.05, 0) is 27.2 Å². The Morgan fingerprint density at radius 1 is 1.25 bits per heavy atom. The van der Waals surface area contributed by atoms with Crippen LogP contribution in [-0.4, -0.2) is 70.8 Å². The fourth-order valence-electron chi connectivity index (χ4n) is 4.33. The molecule has 1 fully saturated rings. The van der Waals surface area contributed by atoms with Crippen LogP contribution in [0.25, 0.3) is 22.9 Å². The second-order valence-electron chi connectivity index (χ2n) is 8.38. The number of aliphatic hydroxyl groups is 1. The molecule has 2 N–H and O–H groups in total. The van der Waals surface area contributed by atoms with Gasteiger partial charge in [0.2, 0.25) is 0 Å². The van der Waals surface area contributed by atoms with Crippen molar-refractivity contribution >= 4 is 11.8 Å². The Kier molecular flexibility index (Phi) is 4.85. The number of anilines is 1. The third-order valence-electron chi connectivity index (χ3n) is 5.83. The van der Waals surface area contributed by atoms with Crippen LogP contribution in [-0.2, 0) is 11.3 Å². The molecule has 0 saturated carbocycles. The van der Waals surface area contributed by atoms with E-state index in [1.165, 1.54) is 0 Å². The van der Waals surface area contributed by atoms with Crippen molar-refractivity contribution in [2.75, 3.05) is 18.1 Å². The molecule has 3 aromatic heterocycles. The number of aromatic nitrogens is 6. The molecule has 11 nitrogen and oxygen atoms in total. The number of nitrogens with zero attached hydrogens (tertiary/aromatic N) is 7. The van der Waals surface area contributed by atoms with Crippen LogP contribution in [0.2, 0.25) is 0 Å². The number of carbonyl (C=O) groups is 1. The van der Waals surface area contributed by atoms with Crippen LogP contribution in [0.4, 0.5) is 5.82 Å². The number of fused-ring (bicyclic) bond motifs is 3. The van der Waals surface area contributed by atoms with E-state index < -0.39 is 18.1 Å². The Labute approximate surface area is 184 Å². The number of carboxylic acids is 1. The zero-order valence-electron chi connectivity index (χ0n) is 18.1. The monoisotopic (exact) mass is 439 g/mol. The summed E-state index contributed by atoms with van der Waals surface area (Å²) in [4.78, 5) is 27.1. The topological polar surface area (TPSA) is 131 Å². The summed E-state index contributed by atoms with van der Waals surface area (Å²) >= 11 is 0. The van der Waals surface area contributed by atoms with Crippen LogP contribution in [0.15, 0.2) is 18.5 Å². The quantitative estimate of drug-likeness (QED) is 0.621. The molecule has 5 rings (SSSR count). The van der Waals surface area contributed by atoms with E-state index in [0.29, 0.717) is 55.2 Å². The molecular weight excluding hydrogens is 414 g/mol. The number of pyridine rings is 1. The van der Waals surface area contributed by atoms with Gasteiger partial charge in [0.1, 0.15) is 35.5 Å². The van der Waals surface area contributed by atoms with Gasteiger partial charge in [0, 0.05) is 31.0 Å². The van der Waals surface area contributed by atoms with E-state index in [4.69, 9.17) is 9.72 Å². The van der Waals surface area contributed by atoms with Gasteiger partial charge < -0.3 is 24.4 Å². The Morgan fingerprint density at radius 2 is 2.06 bits per heavy atom. The molecule has 0 radical (unpaired) electrons. The van der Waals surface area contributed by atoms with E-state index in [-0.39, 0.29) is 6.04 Å².